The number of hydrogen-bond acceptors (Lipinski definition) is 3. The predicted octanol–water partition coefficient (Wildman–Crippen LogP) is 3.49. The Balaban J connectivity index is 1.72. The fourth-order valence-corrected chi connectivity index (χ4v) is 5.02. The maximum Gasteiger partial charge on any atom is 0.115 e. The van der Waals surface area contributed by atoms with Gasteiger partial charge >= 0.3 is 0 Å². The molecule has 2 nitrogen and oxygen atoms in total. The first-order chi connectivity index (χ1) is 8.70. The minimum absolute atomic E-state index is 0.00523. The van der Waals surface area contributed by atoms with E-state index in [1.54, 1.807) is 0 Å². The van der Waals surface area contributed by atoms with Gasteiger partial charge in [-0.25, -0.2) is 0 Å². The summed E-state index contributed by atoms with van der Waals surface area (Å²) in [5, 5.41) is 0.579. The van der Waals surface area contributed by atoms with Gasteiger partial charge in [0.25, 0.3) is 0 Å². The van der Waals surface area contributed by atoms with E-state index in [4.69, 9.17) is 9.47 Å². The number of hydrogen-bond donors (Lipinski definition) is 0. The molecule has 0 aromatic rings. The summed E-state index contributed by atoms with van der Waals surface area (Å²) in [5.41, 5.74) is -0.00523. The number of thioether (sulfide) groups is 1. The molecule has 1 aliphatic carbocycles. The SMILES string of the molecule is CC(C)[C@@H]1COC2=C(S1)C1C=CC3(CCCC23)O1. The average molecular weight is 264 g/mol. The largest absolute Gasteiger partial charge is 0.495 e. The van der Waals surface area contributed by atoms with Crippen LogP contribution in [0.5, 0.6) is 0 Å². The van der Waals surface area contributed by atoms with Gasteiger partial charge in [0.2, 0.25) is 0 Å². The van der Waals surface area contributed by atoms with Gasteiger partial charge in [-0.3, -0.25) is 0 Å². The maximum absolute atomic E-state index is 6.34. The second-order valence-electron chi connectivity index (χ2n) is 6.24. The molecule has 4 rings (SSSR count). The molecular weight excluding hydrogens is 244 g/mol. The van der Waals surface area contributed by atoms with E-state index in [0.29, 0.717) is 17.1 Å². The Morgan fingerprint density at radius 3 is 3.17 bits per heavy atom. The van der Waals surface area contributed by atoms with Crippen molar-refractivity contribution >= 4 is 11.8 Å². The first-order valence-corrected chi connectivity index (χ1v) is 7.98. The highest BCUT2D eigenvalue weighted by molar-refractivity contribution is 8.03. The van der Waals surface area contributed by atoms with Crippen LogP contribution in [0.25, 0.3) is 0 Å². The smallest absolute Gasteiger partial charge is 0.115 e. The average Bonchev–Trinajstić information content (AvgIpc) is 2.96. The van der Waals surface area contributed by atoms with Gasteiger partial charge in [0.15, 0.2) is 0 Å². The van der Waals surface area contributed by atoms with Crippen LogP contribution in [0.15, 0.2) is 22.8 Å². The molecule has 3 unspecified atom stereocenters. The van der Waals surface area contributed by atoms with Gasteiger partial charge in [-0.05, 0) is 25.2 Å². The van der Waals surface area contributed by atoms with Crippen molar-refractivity contribution < 1.29 is 9.47 Å². The summed E-state index contributed by atoms with van der Waals surface area (Å²) in [6, 6.07) is 0. The van der Waals surface area contributed by atoms with E-state index in [-0.39, 0.29) is 11.7 Å². The molecule has 3 heterocycles. The highest BCUT2D eigenvalue weighted by Crippen LogP contribution is 2.56. The van der Waals surface area contributed by atoms with Gasteiger partial charge in [-0.1, -0.05) is 26.0 Å². The van der Waals surface area contributed by atoms with Crippen LogP contribution in [0, 0.1) is 11.8 Å². The molecule has 2 bridgehead atoms. The van der Waals surface area contributed by atoms with Crippen molar-refractivity contribution in [1.29, 1.82) is 0 Å². The van der Waals surface area contributed by atoms with Gasteiger partial charge < -0.3 is 9.47 Å². The molecule has 4 aliphatic rings. The van der Waals surface area contributed by atoms with Crippen LogP contribution in [0.3, 0.4) is 0 Å². The normalized spacial score (nSPS) is 45.2. The van der Waals surface area contributed by atoms with Gasteiger partial charge in [0.1, 0.15) is 18.5 Å². The molecule has 1 saturated carbocycles. The second kappa shape index (κ2) is 3.80. The van der Waals surface area contributed by atoms with Crippen molar-refractivity contribution in [2.75, 3.05) is 6.61 Å². The van der Waals surface area contributed by atoms with E-state index >= 15 is 0 Å². The highest BCUT2D eigenvalue weighted by atomic mass is 32.2. The third kappa shape index (κ3) is 1.41. The lowest BCUT2D eigenvalue weighted by Gasteiger charge is -2.42. The predicted molar refractivity (Wildman–Crippen MR) is 73.3 cm³/mol. The molecule has 18 heavy (non-hydrogen) atoms. The van der Waals surface area contributed by atoms with E-state index in [0.717, 1.165) is 6.61 Å². The topological polar surface area (TPSA) is 18.5 Å². The Morgan fingerprint density at radius 1 is 1.44 bits per heavy atom. The van der Waals surface area contributed by atoms with E-state index in [1.807, 2.05) is 11.8 Å². The molecule has 0 radical (unpaired) electrons. The fourth-order valence-electron chi connectivity index (χ4n) is 3.71. The first kappa shape index (κ1) is 11.4. The van der Waals surface area contributed by atoms with Crippen LogP contribution >= 0.6 is 11.8 Å². The van der Waals surface area contributed by atoms with Crippen molar-refractivity contribution in [3.05, 3.63) is 22.8 Å². The summed E-state index contributed by atoms with van der Waals surface area (Å²) in [6.07, 6.45) is 8.43. The molecular formula is C15H20O2S. The lowest BCUT2D eigenvalue weighted by atomic mass is 9.88. The molecule has 1 fully saturated rings. The monoisotopic (exact) mass is 264 g/mol. The standard InChI is InChI=1S/C15H20O2S/c1-9(2)12-8-16-13-10-4-3-6-15(10)7-5-11(17-15)14(13)18-12/h5,7,9-12H,3-4,6,8H2,1-2H3/t10?,11?,12-,15?/m0/s1. The molecule has 4 atom stereocenters. The van der Waals surface area contributed by atoms with Gasteiger partial charge in [0.05, 0.1) is 16.4 Å². The minimum atomic E-state index is -0.00523. The molecule has 0 aromatic carbocycles. The molecule has 3 aliphatic heterocycles. The van der Waals surface area contributed by atoms with E-state index in [1.165, 1.54) is 29.9 Å². The van der Waals surface area contributed by atoms with Crippen molar-refractivity contribution in [3.8, 4) is 0 Å². The summed E-state index contributed by atoms with van der Waals surface area (Å²) in [5.74, 6) is 2.42. The number of fused-ring (bicyclic) bond motifs is 3. The van der Waals surface area contributed by atoms with E-state index in [9.17, 15) is 0 Å². The van der Waals surface area contributed by atoms with Gasteiger partial charge in [-0.2, -0.15) is 0 Å². The van der Waals surface area contributed by atoms with Crippen LogP contribution in [0.1, 0.15) is 33.1 Å². The molecule has 0 amide bonds. The van der Waals surface area contributed by atoms with Gasteiger partial charge in [0, 0.05) is 5.25 Å². The van der Waals surface area contributed by atoms with E-state index in [2.05, 4.69) is 26.0 Å². The Labute approximate surface area is 113 Å². The third-order valence-corrected chi connectivity index (χ3v) is 6.46. The zero-order valence-corrected chi connectivity index (χ0v) is 11.8. The lowest BCUT2D eigenvalue weighted by Crippen LogP contribution is -2.42. The summed E-state index contributed by atoms with van der Waals surface area (Å²) < 4.78 is 12.5. The molecule has 0 N–H and O–H groups in total. The molecule has 1 spiro atoms. The highest BCUT2D eigenvalue weighted by Gasteiger charge is 2.55. The zero-order chi connectivity index (χ0) is 12.3. The molecule has 0 aromatic heterocycles. The van der Waals surface area contributed by atoms with Crippen LogP contribution in [-0.2, 0) is 9.47 Å². The first-order valence-electron chi connectivity index (χ1n) is 7.10. The summed E-state index contributed by atoms with van der Waals surface area (Å²) in [6.45, 7) is 5.43. The molecule has 98 valence electrons. The fraction of sp³-hybridized carbons (Fsp3) is 0.733. The van der Waals surface area contributed by atoms with Gasteiger partial charge in [-0.15, -0.1) is 11.8 Å². The van der Waals surface area contributed by atoms with Crippen LogP contribution in [0.4, 0.5) is 0 Å². The summed E-state index contributed by atoms with van der Waals surface area (Å²) in [7, 11) is 0. The quantitative estimate of drug-likeness (QED) is 0.675. The van der Waals surface area contributed by atoms with Crippen molar-refractivity contribution in [2.24, 2.45) is 11.8 Å². The van der Waals surface area contributed by atoms with Crippen molar-refractivity contribution in [2.45, 2.75) is 50.1 Å². The summed E-state index contributed by atoms with van der Waals surface area (Å²) in [4.78, 5) is 1.37. The Morgan fingerprint density at radius 2 is 2.33 bits per heavy atom. The Bertz CT molecular complexity index is 440. The van der Waals surface area contributed by atoms with Crippen molar-refractivity contribution in [3.63, 3.8) is 0 Å². The zero-order valence-electron chi connectivity index (χ0n) is 11.0. The van der Waals surface area contributed by atoms with Crippen LogP contribution < -0.4 is 0 Å². The molecule has 0 saturated heterocycles. The summed E-state index contributed by atoms with van der Waals surface area (Å²) >= 11 is 2.01. The number of rotatable bonds is 1. The Kier molecular flexibility index (Phi) is 2.41. The maximum atomic E-state index is 6.34. The molecule has 3 heteroatoms. The third-order valence-electron chi connectivity index (χ3n) is 4.79. The minimum Gasteiger partial charge on any atom is -0.495 e. The van der Waals surface area contributed by atoms with Crippen LogP contribution in [-0.4, -0.2) is 23.6 Å². The number of ether oxygens (including phenoxy) is 2. The van der Waals surface area contributed by atoms with Crippen molar-refractivity contribution in [1.82, 2.24) is 0 Å². The van der Waals surface area contributed by atoms with Crippen LogP contribution in [0.2, 0.25) is 0 Å². The second-order valence-corrected chi connectivity index (χ2v) is 7.52. The lowest BCUT2D eigenvalue weighted by molar-refractivity contribution is -0.0574. The Hall–Kier alpha value is -0.410. The van der Waals surface area contributed by atoms with E-state index < -0.39 is 0 Å².